The number of aromatic amines is 1. The highest BCUT2D eigenvalue weighted by Crippen LogP contribution is 2.36. The normalized spacial score (nSPS) is 21.4. The molecule has 2 aliphatic rings. The van der Waals surface area contributed by atoms with Crippen LogP contribution in [-0.4, -0.2) is 44.7 Å². The lowest BCUT2D eigenvalue weighted by atomic mass is 9.95. The Hall–Kier alpha value is -1.58. The Morgan fingerprint density at radius 2 is 2.18 bits per heavy atom. The van der Waals surface area contributed by atoms with E-state index in [1.54, 1.807) is 4.90 Å². The largest absolute Gasteiger partial charge is 0.394 e. The molecule has 0 bridgehead atoms. The van der Waals surface area contributed by atoms with Gasteiger partial charge in [-0.15, -0.1) is 0 Å². The molecule has 2 atom stereocenters. The first-order valence-electron chi connectivity index (χ1n) is 9.25. The molecular weight excluding hydrogens is 452 g/mol. The molecule has 28 heavy (non-hydrogen) atoms. The molecule has 2 N–H and O–H groups in total. The number of fused-ring (bicyclic) bond motifs is 1. The molecule has 0 spiro atoms. The summed E-state index contributed by atoms with van der Waals surface area (Å²) in [4.78, 5) is 17.5. The van der Waals surface area contributed by atoms with Gasteiger partial charge in [0, 0.05) is 36.0 Å². The van der Waals surface area contributed by atoms with Gasteiger partial charge in [0.2, 0.25) is 5.91 Å². The number of aliphatic hydroxyl groups is 1. The number of amides is 1. The van der Waals surface area contributed by atoms with Crippen LogP contribution in [0.15, 0.2) is 16.6 Å². The van der Waals surface area contributed by atoms with Gasteiger partial charge in [-0.05, 0) is 59.5 Å². The molecule has 1 saturated heterocycles. The number of carbonyl (C=O) groups is 1. The average Bonchev–Trinajstić information content (AvgIpc) is 3.36. The van der Waals surface area contributed by atoms with Gasteiger partial charge in [-0.2, -0.15) is 0 Å². The third-order valence-corrected chi connectivity index (χ3v) is 6.68. The number of imidazole rings is 1. The molecule has 1 amide bonds. The number of carbonyl (C=O) groups excluding carboxylic acids is 1. The lowest BCUT2D eigenvalue weighted by molar-refractivity contribution is -0.132. The van der Waals surface area contributed by atoms with Crippen LogP contribution in [0.5, 0.6) is 0 Å². The number of hydrogen-bond donors (Lipinski definition) is 2. The lowest BCUT2D eigenvalue weighted by Gasteiger charge is -2.23. The highest BCUT2D eigenvalue weighted by molar-refractivity contribution is 9.10. The maximum absolute atomic E-state index is 14.5. The number of aliphatic hydroxyl groups excluding tert-OH is 1. The summed E-state index contributed by atoms with van der Waals surface area (Å²) in [7, 11) is 0. The number of rotatable bonds is 4. The van der Waals surface area contributed by atoms with Crippen molar-refractivity contribution in [1.82, 2.24) is 14.5 Å². The number of H-pyrrole nitrogens is 1. The van der Waals surface area contributed by atoms with E-state index in [0.29, 0.717) is 30.0 Å². The molecular formula is C19H20BrF2N3O2S. The van der Waals surface area contributed by atoms with Crippen molar-refractivity contribution in [3.63, 3.8) is 0 Å². The number of halogens is 3. The third kappa shape index (κ3) is 3.33. The smallest absolute Gasteiger partial charge is 0.228 e. The molecule has 2 unspecified atom stereocenters. The summed E-state index contributed by atoms with van der Waals surface area (Å²) in [6, 6.07) is 2.47. The summed E-state index contributed by atoms with van der Waals surface area (Å²) < 4.78 is 31.4. The van der Waals surface area contributed by atoms with Gasteiger partial charge in [-0.3, -0.25) is 4.79 Å². The average molecular weight is 472 g/mol. The van der Waals surface area contributed by atoms with Gasteiger partial charge in [0.1, 0.15) is 11.6 Å². The highest BCUT2D eigenvalue weighted by atomic mass is 79.9. The summed E-state index contributed by atoms with van der Waals surface area (Å²) in [6.07, 6.45) is 2.22. The Kier molecular flexibility index (Phi) is 5.41. The predicted octanol–water partition coefficient (Wildman–Crippen LogP) is 3.45. The molecule has 1 fully saturated rings. The lowest BCUT2D eigenvalue weighted by Crippen LogP contribution is -2.38. The number of aromatic nitrogens is 2. The van der Waals surface area contributed by atoms with E-state index in [-0.39, 0.29) is 40.9 Å². The van der Waals surface area contributed by atoms with E-state index in [0.717, 1.165) is 18.5 Å². The van der Waals surface area contributed by atoms with Crippen LogP contribution < -0.4 is 0 Å². The molecule has 4 rings (SSSR count). The van der Waals surface area contributed by atoms with Gasteiger partial charge in [0.25, 0.3) is 0 Å². The van der Waals surface area contributed by atoms with Gasteiger partial charge >= 0.3 is 0 Å². The molecule has 2 aliphatic heterocycles. The summed E-state index contributed by atoms with van der Waals surface area (Å²) in [5.74, 6) is -1.62. The zero-order valence-electron chi connectivity index (χ0n) is 15.1. The summed E-state index contributed by atoms with van der Waals surface area (Å²) in [6.45, 7) is 0.961. The monoisotopic (exact) mass is 471 g/mol. The number of nitrogens with one attached hydrogen (secondary N) is 1. The summed E-state index contributed by atoms with van der Waals surface area (Å²) >= 11 is 8.49. The second-order valence-electron chi connectivity index (χ2n) is 7.37. The van der Waals surface area contributed by atoms with Crippen LogP contribution in [0, 0.1) is 16.4 Å². The molecule has 150 valence electrons. The SMILES string of the molecule is O=C(Cc1[nH]c(=S)n2c1CC(c1c(F)ccc(Br)c1F)C2)N1CCCC1CO. The van der Waals surface area contributed by atoms with E-state index >= 15 is 0 Å². The number of nitrogens with zero attached hydrogens (tertiary/aromatic N) is 2. The molecule has 1 aromatic carbocycles. The maximum Gasteiger partial charge on any atom is 0.228 e. The van der Waals surface area contributed by atoms with Crippen LogP contribution in [0.4, 0.5) is 8.78 Å². The van der Waals surface area contributed by atoms with Crippen LogP contribution >= 0.6 is 28.1 Å². The molecule has 3 heterocycles. The molecule has 1 aromatic heterocycles. The van der Waals surface area contributed by atoms with Crippen LogP contribution in [0.3, 0.4) is 0 Å². The van der Waals surface area contributed by atoms with Crippen molar-refractivity contribution in [2.24, 2.45) is 0 Å². The molecule has 0 saturated carbocycles. The van der Waals surface area contributed by atoms with Gasteiger partial charge in [0.15, 0.2) is 4.77 Å². The van der Waals surface area contributed by atoms with Crippen LogP contribution in [0.25, 0.3) is 0 Å². The van der Waals surface area contributed by atoms with Gasteiger partial charge in [0.05, 0.1) is 23.5 Å². The highest BCUT2D eigenvalue weighted by Gasteiger charge is 2.33. The first-order chi connectivity index (χ1) is 13.4. The van der Waals surface area contributed by atoms with Crippen molar-refractivity contribution in [1.29, 1.82) is 0 Å². The van der Waals surface area contributed by atoms with E-state index in [9.17, 15) is 18.7 Å². The number of benzene rings is 1. The minimum atomic E-state index is -0.592. The fraction of sp³-hybridized carbons (Fsp3) is 0.474. The predicted molar refractivity (Wildman–Crippen MR) is 106 cm³/mol. The van der Waals surface area contributed by atoms with E-state index in [1.165, 1.54) is 12.1 Å². The number of hydrogen-bond acceptors (Lipinski definition) is 3. The third-order valence-electron chi connectivity index (χ3n) is 5.74. The van der Waals surface area contributed by atoms with Crippen molar-refractivity contribution >= 4 is 34.1 Å². The van der Waals surface area contributed by atoms with E-state index in [2.05, 4.69) is 20.9 Å². The fourth-order valence-electron chi connectivity index (χ4n) is 4.36. The number of likely N-dealkylation sites (tertiary alicyclic amines) is 1. The van der Waals surface area contributed by atoms with Gasteiger partial charge in [-0.1, -0.05) is 0 Å². The first kappa shape index (κ1) is 19.7. The van der Waals surface area contributed by atoms with Gasteiger partial charge < -0.3 is 19.6 Å². The maximum atomic E-state index is 14.5. The van der Waals surface area contributed by atoms with Crippen molar-refractivity contribution in [2.75, 3.05) is 13.2 Å². The van der Waals surface area contributed by atoms with Crippen molar-refractivity contribution in [3.05, 3.63) is 50.0 Å². The summed E-state index contributed by atoms with van der Waals surface area (Å²) in [5.41, 5.74) is 1.56. The van der Waals surface area contributed by atoms with E-state index < -0.39 is 11.6 Å². The fourth-order valence-corrected chi connectivity index (χ4v) is 5.02. The second kappa shape index (κ2) is 7.68. The Morgan fingerprint density at radius 1 is 1.39 bits per heavy atom. The Labute approximate surface area is 174 Å². The molecule has 5 nitrogen and oxygen atoms in total. The zero-order chi connectivity index (χ0) is 20.0. The standard InChI is InChI=1S/C19H20BrF2N3O2S/c20-12-3-4-13(21)17(18(12)22)10-6-15-14(23-19(28)25(15)8-10)7-16(27)24-5-1-2-11(24)9-26/h3-4,10-11,26H,1-2,5-9H2,(H,23,28). The Bertz CT molecular complexity index is 990. The van der Waals surface area contributed by atoms with Crippen molar-refractivity contribution < 1.29 is 18.7 Å². The van der Waals surface area contributed by atoms with Crippen molar-refractivity contribution in [3.8, 4) is 0 Å². The Balaban J connectivity index is 1.59. The van der Waals surface area contributed by atoms with E-state index in [4.69, 9.17) is 12.2 Å². The first-order valence-corrected chi connectivity index (χ1v) is 10.4. The quantitative estimate of drug-likeness (QED) is 0.530. The second-order valence-corrected chi connectivity index (χ2v) is 8.61. The minimum Gasteiger partial charge on any atom is -0.394 e. The molecule has 0 radical (unpaired) electrons. The molecule has 9 heteroatoms. The van der Waals surface area contributed by atoms with E-state index in [1.807, 2.05) is 4.57 Å². The Morgan fingerprint density at radius 3 is 2.93 bits per heavy atom. The molecule has 2 aromatic rings. The minimum absolute atomic E-state index is 0.0425. The van der Waals surface area contributed by atoms with Crippen LogP contribution in [0.2, 0.25) is 0 Å². The topological polar surface area (TPSA) is 61.3 Å². The zero-order valence-corrected chi connectivity index (χ0v) is 17.5. The van der Waals surface area contributed by atoms with Crippen molar-refractivity contribution in [2.45, 2.75) is 44.2 Å². The van der Waals surface area contributed by atoms with Crippen LogP contribution in [0.1, 0.15) is 35.7 Å². The molecule has 0 aliphatic carbocycles. The van der Waals surface area contributed by atoms with Gasteiger partial charge in [-0.25, -0.2) is 8.78 Å². The van der Waals surface area contributed by atoms with Crippen LogP contribution in [-0.2, 0) is 24.2 Å². The summed E-state index contributed by atoms with van der Waals surface area (Å²) in [5, 5.41) is 9.45.